The third-order valence-corrected chi connectivity index (χ3v) is 3.34. The van der Waals surface area contributed by atoms with E-state index in [1.165, 1.54) is 17.6 Å². The van der Waals surface area contributed by atoms with E-state index in [-0.39, 0.29) is 24.0 Å². The number of carbonyl (C=O) groups is 1. The highest BCUT2D eigenvalue weighted by molar-refractivity contribution is 5.93. The van der Waals surface area contributed by atoms with Crippen LogP contribution in [0.1, 0.15) is 16.3 Å². The molecule has 23 heavy (non-hydrogen) atoms. The Labute approximate surface area is 131 Å². The van der Waals surface area contributed by atoms with Gasteiger partial charge in [-0.3, -0.25) is 4.40 Å². The maximum atomic E-state index is 11.3. The fraction of sp³-hybridized carbons (Fsp3) is 0.125. The molecule has 2 heterocycles. The van der Waals surface area contributed by atoms with Crippen LogP contribution in [0.3, 0.4) is 0 Å². The Bertz CT molecular complexity index is 872. The van der Waals surface area contributed by atoms with Crippen molar-refractivity contribution in [3.8, 4) is 17.4 Å². The largest absolute Gasteiger partial charge is 0.494 e. The van der Waals surface area contributed by atoms with E-state index >= 15 is 0 Å². The van der Waals surface area contributed by atoms with Crippen LogP contribution in [-0.4, -0.2) is 32.7 Å². The lowest BCUT2D eigenvalue weighted by Crippen LogP contribution is -2.03. The number of carboxylic acids is 1. The number of carboxylic acid groups (broad SMARTS) is 1. The van der Waals surface area contributed by atoms with Gasteiger partial charge in [-0.2, -0.15) is 0 Å². The van der Waals surface area contributed by atoms with E-state index in [1.54, 1.807) is 30.3 Å². The number of methoxy groups -OCH3 is 1. The molecular formula is C16H14N2O5. The summed E-state index contributed by atoms with van der Waals surface area (Å²) in [6.45, 7) is -0.0214. The highest BCUT2D eigenvalue weighted by Gasteiger charge is 2.19. The first kappa shape index (κ1) is 14.7. The first-order valence-corrected chi connectivity index (χ1v) is 6.80. The molecule has 0 aliphatic heterocycles. The van der Waals surface area contributed by atoms with Crippen LogP contribution in [0.15, 0.2) is 42.5 Å². The van der Waals surface area contributed by atoms with Gasteiger partial charge in [0.25, 0.3) is 0 Å². The van der Waals surface area contributed by atoms with E-state index in [0.717, 1.165) is 0 Å². The predicted molar refractivity (Wildman–Crippen MR) is 81.1 cm³/mol. The Balaban J connectivity index is 1.99. The van der Waals surface area contributed by atoms with Crippen molar-refractivity contribution in [2.45, 2.75) is 6.61 Å². The zero-order chi connectivity index (χ0) is 16.4. The SMILES string of the molecule is COc1ccccc1OCc1nc(C(=O)O)c2cccc(O)n12. The Morgan fingerprint density at radius 2 is 1.91 bits per heavy atom. The predicted octanol–water partition coefficient (Wildman–Crippen LogP) is 2.33. The van der Waals surface area contributed by atoms with E-state index in [9.17, 15) is 15.0 Å². The molecule has 0 saturated heterocycles. The first-order chi connectivity index (χ1) is 11.1. The summed E-state index contributed by atoms with van der Waals surface area (Å²) in [7, 11) is 1.53. The smallest absolute Gasteiger partial charge is 0.356 e. The first-order valence-electron chi connectivity index (χ1n) is 6.80. The molecule has 0 radical (unpaired) electrons. The third-order valence-electron chi connectivity index (χ3n) is 3.34. The minimum absolute atomic E-state index is 0.0214. The molecule has 2 N–H and O–H groups in total. The van der Waals surface area contributed by atoms with E-state index in [0.29, 0.717) is 17.0 Å². The second-order valence-corrected chi connectivity index (χ2v) is 4.73. The monoisotopic (exact) mass is 314 g/mol. The zero-order valence-electron chi connectivity index (χ0n) is 12.3. The van der Waals surface area contributed by atoms with Crippen LogP contribution in [0, 0.1) is 0 Å². The molecule has 0 bridgehead atoms. The van der Waals surface area contributed by atoms with Crippen molar-refractivity contribution in [2.24, 2.45) is 0 Å². The number of para-hydroxylation sites is 2. The summed E-state index contributed by atoms with van der Waals surface area (Å²) < 4.78 is 12.2. The van der Waals surface area contributed by atoms with Gasteiger partial charge in [0.05, 0.1) is 12.6 Å². The van der Waals surface area contributed by atoms with Crippen molar-refractivity contribution in [3.63, 3.8) is 0 Å². The normalized spacial score (nSPS) is 10.7. The third kappa shape index (κ3) is 2.64. The topological polar surface area (TPSA) is 93.3 Å². The van der Waals surface area contributed by atoms with Gasteiger partial charge >= 0.3 is 5.97 Å². The number of imidazole rings is 1. The highest BCUT2D eigenvalue weighted by Crippen LogP contribution is 2.27. The number of ether oxygens (including phenoxy) is 2. The summed E-state index contributed by atoms with van der Waals surface area (Å²) in [5.41, 5.74) is 0.163. The zero-order valence-corrected chi connectivity index (χ0v) is 12.3. The summed E-state index contributed by atoms with van der Waals surface area (Å²) in [6, 6.07) is 11.7. The molecule has 0 aliphatic carbocycles. The molecular weight excluding hydrogens is 300 g/mol. The number of hydrogen-bond acceptors (Lipinski definition) is 5. The molecule has 7 heteroatoms. The second kappa shape index (κ2) is 5.88. The lowest BCUT2D eigenvalue weighted by atomic mass is 10.3. The lowest BCUT2D eigenvalue weighted by molar-refractivity contribution is 0.0693. The molecule has 0 saturated carbocycles. The molecule has 7 nitrogen and oxygen atoms in total. The molecule has 118 valence electrons. The lowest BCUT2D eigenvalue weighted by Gasteiger charge is -2.10. The van der Waals surface area contributed by atoms with Crippen LogP contribution in [0.4, 0.5) is 0 Å². The minimum atomic E-state index is -1.17. The summed E-state index contributed by atoms with van der Waals surface area (Å²) in [6.07, 6.45) is 0. The standard InChI is InChI=1S/C16H14N2O5/c1-22-11-6-2-3-7-12(11)23-9-13-17-15(16(20)21)10-5-4-8-14(19)18(10)13/h2-8,19H,9H2,1H3,(H,20,21). The molecule has 0 aliphatic rings. The van der Waals surface area contributed by atoms with Gasteiger partial charge in [-0.15, -0.1) is 0 Å². The molecule has 1 aromatic carbocycles. The molecule has 0 unspecified atom stereocenters. The van der Waals surface area contributed by atoms with E-state index in [2.05, 4.69) is 4.98 Å². The molecule has 0 amide bonds. The summed E-state index contributed by atoms with van der Waals surface area (Å²) >= 11 is 0. The number of fused-ring (bicyclic) bond motifs is 1. The summed E-state index contributed by atoms with van der Waals surface area (Å²) in [5.74, 6) is 0.0502. The van der Waals surface area contributed by atoms with Crippen LogP contribution < -0.4 is 9.47 Å². The van der Waals surface area contributed by atoms with Crippen molar-refractivity contribution < 1.29 is 24.5 Å². The number of rotatable bonds is 5. The average molecular weight is 314 g/mol. The van der Waals surface area contributed by atoms with Crippen LogP contribution >= 0.6 is 0 Å². The molecule has 3 rings (SSSR count). The minimum Gasteiger partial charge on any atom is -0.494 e. The summed E-state index contributed by atoms with van der Waals surface area (Å²) in [4.78, 5) is 15.4. The fourth-order valence-corrected chi connectivity index (χ4v) is 2.32. The van der Waals surface area contributed by atoms with E-state index in [1.807, 2.05) is 6.07 Å². The Morgan fingerprint density at radius 3 is 2.61 bits per heavy atom. The van der Waals surface area contributed by atoms with E-state index in [4.69, 9.17) is 9.47 Å². The second-order valence-electron chi connectivity index (χ2n) is 4.73. The number of hydrogen-bond donors (Lipinski definition) is 2. The Morgan fingerprint density at radius 1 is 1.17 bits per heavy atom. The molecule has 3 aromatic rings. The number of benzene rings is 1. The van der Waals surface area contributed by atoms with Gasteiger partial charge in [0.2, 0.25) is 0 Å². The van der Waals surface area contributed by atoms with Crippen molar-refractivity contribution in [1.82, 2.24) is 9.38 Å². The summed E-state index contributed by atoms with van der Waals surface area (Å²) in [5, 5.41) is 19.2. The van der Waals surface area contributed by atoms with Crippen molar-refractivity contribution in [2.75, 3.05) is 7.11 Å². The van der Waals surface area contributed by atoms with Gasteiger partial charge in [-0.05, 0) is 24.3 Å². The number of aromatic hydroxyl groups is 1. The van der Waals surface area contributed by atoms with Gasteiger partial charge in [0, 0.05) is 0 Å². The van der Waals surface area contributed by atoms with Gasteiger partial charge in [-0.1, -0.05) is 18.2 Å². The van der Waals surface area contributed by atoms with Gasteiger partial charge in [-0.25, -0.2) is 9.78 Å². The van der Waals surface area contributed by atoms with Crippen LogP contribution in [0.5, 0.6) is 17.4 Å². The fourth-order valence-electron chi connectivity index (χ4n) is 2.32. The number of pyridine rings is 1. The Kier molecular flexibility index (Phi) is 3.76. The van der Waals surface area contributed by atoms with Crippen molar-refractivity contribution in [1.29, 1.82) is 0 Å². The number of aromatic nitrogens is 2. The van der Waals surface area contributed by atoms with Crippen molar-refractivity contribution in [3.05, 3.63) is 54.0 Å². The maximum Gasteiger partial charge on any atom is 0.356 e. The molecule has 0 spiro atoms. The quantitative estimate of drug-likeness (QED) is 0.751. The van der Waals surface area contributed by atoms with Crippen LogP contribution in [-0.2, 0) is 6.61 Å². The number of nitrogens with zero attached hydrogens (tertiary/aromatic N) is 2. The van der Waals surface area contributed by atoms with Gasteiger partial charge < -0.3 is 19.7 Å². The Hall–Kier alpha value is -3.22. The average Bonchev–Trinajstić information content (AvgIpc) is 2.93. The molecule has 2 aromatic heterocycles. The van der Waals surface area contributed by atoms with Crippen molar-refractivity contribution >= 4 is 11.5 Å². The van der Waals surface area contributed by atoms with Crippen LogP contribution in [0.25, 0.3) is 5.52 Å². The van der Waals surface area contributed by atoms with Gasteiger partial charge in [0.1, 0.15) is 6.61 Å². The highest BCUT2D eigenvalue weighted by atomic mass is 16.5. The van der Waals surface area contributed by atoms with Crippen LogP contribution in [0.2, 0.25) is 0 Å². The molecule has 0 fully saturated rings. The number of aromatic carboxylic acids is 1. The van der Waals surface area contributed by atoms with E-state index < -0.39 is 5.97 Å². The maximum absolute atomic E-state index is 11.3. The van der Waals surface area contributed by atoms with Gasteiger partial charge in [0.15, 0.2) is 28.9 Å². The molecule has 0 atom stereocenters.